The van der Waals surface area contributed by atoms with Crippen molar-refractivity contribution in [3.8, 4) is 0 Å². The molecule has 0 amide bonds. The molecule has 3 fully saturated rings. The molecule has 0 radical (unpaired) electrons. The van der Waals surface area contributed by atoms with E-state index < -0.39 is 0 Å². The molecule has 0 aromatic heterocycles. The Morgan fingerprint density at radius 3 is 2.78 bits per heavy atom. The molecule has 0 bridgehead atoms. The summed E-state index contributed by atoms with van der Waals surface area (Å²) in [5.41, 5.74) is 0.626. The van der Waals surface area contributed by atoms with Crippen molar-refractivity contribution in [2.75, 3.05) is 45.9 Å². The third-order valence-corrected chi connectivity index (χ3v) is 5.98. The number of hydrogen-bond acceptors (Lipinski definition) is 3. The summed E-state index contributed by atoms with van der Waals surface area (Å²) >= 11 is 0. The molecule has 2 saturated heterocycles. The van der Waals surface area contributed by atoms with Gasteiger partial charge in [-0.25, -0.2) is 0 Å². The molecule has 3 rings (SSSR count). The molecule has 1 aliphatic carbocycles. The Hall–Kier alpha value is -0.810. The highest BCUT2D eigenvalue weighted by molar-refractivity contribution is 5.80. The number of nitrogens with zero attached hydrogens (tertiary/aromatic N) is 3. The van der Waals surface area contributed by atoms with E-state index in [0.29, 0.717) is 17.5 Å². The first kappa shape index (κ1) is 17.0. The van der Waals surface area contributed by atoms with E-state index >= 15 is 0 Å². The van der Waals surface area contributed by atoms with Crippen LogP contribution in [0.15, 0.2) is 4.99 Å². The van der Waals surface area contributed by atoms with Crippen LogP contribution in [0.25, 0.3) is 0 Å². The highest BCUT2D eigenvalue weighted by Gasteiger charge is 2.43. The molecule has 3 aliphatic rings. The fourth-order valence-corrected chi connectivity index (χ4v) is 4.34. The lowest BCUT2D eigenvalue weighted by Gasteiger charge is -2.38. The molecule has 132 valence electrons. The average molecular weight is 322 g/mol. The van der Waals surface area contributed by atoms with Crippen LogP contribution in [0.2, 0.25) is 0 Å². The van der Waals surface area contributed by atoms with Gasteiger partial charge in [-0.1, -0.05) is 6.42 Å². The Kier molecular flexibility index (Phi) is 5.47. The first-order valence-electron chi connectivity index (χ1n) is 9.50. The number of ether oxygens (including phenoxy) is 1. The summed E-state index contributed by atoms with van der Waals surface area (Å²) in [7, 11) is 0. The summed E-state index contributed by atoms with van der Waals surface area (Å²) in [5.74, 6) is 1.13. The zero-order valence-electron chi connectivity index (χ0n) is 15.2. The minimum absolute atomic E-state index is 0.475. The molecule has 2 aliphatic heterocycles. The van der Waals surface area contributed by atoms with Crippen LogP contribution in [-0.2, 0) is 4.74 Å². The minimum atomic E-state index is 0.475. The lowest BCUT2D eigenvalue weighted by Crippen LogP contribution is -2.50. The van der Waals surface area contributed by atoms with E-state index in [0.717, 1.165) is 38.8 Å². The molecule has 5 nitrogen and oxygen atoms in total. The van der Waals surface area contributed by atoms with Gasteiger partial charge in [0.05, 0.1) is 19.8 Å². The molecule has 23 heavy (non-hydrogen) atoms. The average Bonchev–Trinajstić information content (AvgIpc) is 2.97. The molecule has 2 heterocycles. The molecular formula is C18H34N4O. The quantitative estimate of drug-likeness (QED) is 0.634. The van der Waals surface area contributed by atoms with Crippen LogP contribution in [0, 0.1) is 5.41 Å². The number of morpholine rings is 1. The maximum absolute atomic E-state index is 5.55. The predicted molar refractivity (Wildman–Crippen MR) is 94.9 cm³/mol. The maximum atomic E-state index is 5.55. The van der Waals surface area contributed by atoms with Crippen molar-refractivity contribution >= 4 is 5.96 Å². The van der Waals surface area contributed by atoms with E-state index in [1.54, 1.807) is 0 Å². The van der Waals surface area contributed by atoms with Crippen LogP contribution in [0.3, 0.4) is 0 Å². The van der Waals surface area contributed by atoms with Crippen LogP contribution in [0.1, 0.15) is 46.5 Å². The fraction of sp³-hybridized carbons (Fsp3) is 0.944. The van der Waals surface area contributed by atoms with Gasteiger partial charge in [0.1, 0.15) is 0 Å². The second-order valence-corrected chi connectivity index (χ2v) is 7.73. The number of nitrogens with one attached hydrogen (secondary N) is 1. The van der Waals surface area contributed by atoms with Gasteiger partial charge >= 0.3 is 0 Å². The smallest absolute Gasteiger partial charge is 0.193 e. The van der Waals surface area contributed by atoms with Crippen molar-refractivity contribution in [1.82, 2.24) is 15.1 Å². The molecule has 2 unspecified atom stereocenters. The van der Waals surface area contributed by atoms with E-state index in [9.17, 15) is 0 Å². The van der Waals surface area contributed by atoms with Crippen molar-refractivity contribution in [3.05, 3.63) is 0 Å². The van der Waals surface area contributed by atoms with E-state index in [1.165, 1.54) is 38.8 Å². The molecule has 2 atom stereocenters. The Morgan fingerprint density at radius 2 is 2.17 bits per heavy atom. The lowest BCUT2D eigenvalue weighted by molar-refractivity contribution is -0.0166. The number of guanidine groups is 1. The summed E-state index contributed by atoms with van der Waals surface area (Å²) < 4.78 is 5.55. The Bertz CT molecular complexity index is 421. The zero-order chi connectivity index (χ0) is 16.3. The summed E-state index contributed by atoms with van der Waals surface area (Å²) in [6.45, 7) is 13.7. The third kappa shape index (κ3) is 3.82. The van der Waals surface area contributed by atoms with Gasteiger partial charge in [-0.3, -0.25) is 9.89 Å². The Labute approximate surface area is 141 Å². The highest BCUT2D eigenvalue weighted by Crippen LogP contribution is 2.47. The second-order valence-electron chi connectivity index (χ2n) is 7.73. The number of rotatable bonds is 4. The third-order valence-electron chi connectivity index (χ3n) is 5.98. The monoisotopic (exact) mass is 322 g/mol. The molecule has 5 heteroatoms. The van der Waals surface area contributed by atoms with Gasteiger partial charge in [-0.05, 0) is 45.4 Å². The number of likely N-dealkylation sites (tertiary alicyclic amines) is 1. The van der Waals surface area contributed by atoms with Crippen molar-refractivity contribution in [2.45, 2.75) is 58.5 Å². The minimum Gasteiger partial charge on any atom is -0.379 e. The van der Waals surface area contributed by atoms with Crippen LogP contribution >= 0.6 is 0 Å². The summed E-state index contributed by atoms with van der Waals surface area (Å²) in [4.78, 5) is 10.0. The standard InChI is InChI=1S/C18H34N4O/c1-4-19-17(21-9-8-18(14-21)6-5-7-18)20-12-15(2)22-10-11-23-13-16(22)3/h15-16H,4-14H2,1-3H3,(H,19,20). The van der Waals surface area contributed by atoms with Gasteiger partial charge in [0, 0.05) is 38.3 Å². The van der Waals surface area contributed by atoms with Crippen LogP contribution in [-0.4, -0.2) is 73.8 Å². The number of aliphatic imine (C=N–C) groups is 1. The normalized spacial score (nSPS) is 29.6. The first-order chi connectivity index (χ1) is 11.1. The summed E-state index contributed by atoms with van der Waals surface area (Å²) in [5, 5.41) is 3.51. The molecule has 1 spiro atoms. The molecular weight excluding hydrogens is 288 g/mol. The number of hydrogen-bond donors (Lipinski definition) is 1. The Morgan fingerprint density at radius 1 is 1.35 bits per heavy atom. The van der Waals surface area contributed by atoms with Crippen LogP contribution < -0.4 is 5.32 Å². The van der Waals surface area contributed by atoms with Crippen molar-refractivity contribution < 1.29 is 4.74 Å². The second kappa shape index (κ2) is 7.39. The van der Waals surface area contributed by atoms with Gasteiger partial charge < -0.3 is 15.0 Å². The van der Waals surface area contributed by atoms with Crippen LogP contribution in [0.5, 0.6) is 0 Å². The molecule has 0 aromatic rings. The van der Waals surface area contributed by atoms with E-state index in [4.69, 9.17) is 9.73 Å². The van der Waals surface area contributed by atoms with Gasteiger partial charge in [0.15, 0.2) is 5.96 Å². The fourth-order valence-electron chi connectivity index (χ4n) is 4.34. The van der Waals surface area contributed by atoms with Gasteiger partial charge in [-0.2, -0.15) is 0 Å². The molecule has 1 saturated carbocycles. The highest BCUT2D eigenvalue weighted by atomic mass is 16.5. The summed E-state index contributed by atoms with van der Waals surface area (Å²) in [6.07, 6.45) is 5.62. The summed E-state index contributed by atoms with van der Waals surface area (Å²) in [6, 6.07) is 0.976. The van der Waals surface area contributed by atoms with E-state index in [-0.39, 0.29) is 0 Å². The van der Waals surface area contributed by atoms with Crippen LogP contribution in [0.4, 0.5) is 0 Å². The SMILES string of the molecule is CCNC(=NCC(C)N1CCOCC1C)N1CCC2(CCC2)C1. The van der Waals surface area contributed by atoms with Crippen molar-refractivity contribution in [1.29, 1.82) is 0 Å². The zero-order valence-corrected chi connectivity index (χ0v) is 15.2. The van der Waals surface area contributed by atoms with Gasteiger partial charge in [0.2, 0.25) is 0 Å². The van der Waals surface area contributed by atoms with Crippen molar-refractivity contribution in [2.24, 2.45) is 10.4 Å². The van der Waals surface area contributed by atoms with E-state index in [2.05, 4.69) is 35.9 Å². The topological polar surface area (TPSA) is 40.1 Å². The largest absolute Gasteiger partial charge is 0.379 e. The molecule has 1 N–H and O–H groups in total. The van der Waals surface area contributed by atoms with Gasteiger partial charge in [0.25, 0.3) is 0 Å². The van der Waals surface area contributed by atoms with Gasteiger partial charge in [-0.15, -0.1) is 0 Å². The first-order valence-corrected chi connectivity index (χ1v) is 9.50. The maximum Gasteiger partial charge on any atom is 0.193 e. The van der Waals surface area contributed by atoms with E-state index in [1.807, 2.05) is 0 Å². The lowest BCUT2D eigenvalue weighted by atomic mass is 9.68. The van der Waals surface area contributed by atoms with Crippen molar-refractivity contribution in [3.63, 3.8) is 0 Å². The predicted octanol–water partition coefficient (Wildman–Crippen LogP) is 1.94. The Balaban J connectivity index is 1.58. The molecule has 0 aromatic carbocycles.